The van der Waals surface area contributed by atoms with E-state index in [1.165, 1.54) is 0 Å². The van der Waals surface area contributed by atoms with E-state index in [2.05, 4.69) is 5.32 Å². The minimum absolute atomic E-state index is 0.385. The number of carbonyl (C=O) groups is 2. The molecule has 0 heterocycles. The molecule has 0 bridgehead atoms. The lowest BCUT2D eigenvalue weighted by Gasteiger charge is -2.08. The maximum Gasteiger partial charge on any atom is 0.326 e. The molecule has 0 aliphatic rings. The zero-order valence-corrected chi connectivity index (χ0v) is 16.8. The van der Waals surface area contributed by atoms with Crippen molar-refractivity contribution in [1.29, 1.82) is 0 Å². The third-order valence-corrected chi connectivity index (χ3v) is 4.57. The van der Waals surface area contributed by atoms with Crippen LogP contribution in [0.5, 0.6) is 0 Å². The molecule has 4 nitrogen and oxygen atoms in total. The number of imide groups is 1. The van der Waals surface area contributed by atoms with Crippen LogP contribution in [0.15, 0.2) is 60.7 Å². The van der Waals surface area contributed by atoms with Gasteiger partial charge in [-0.15, -0.1) is 0 Å². The van der Waals surface area contributed by atoms with Crippen LogP contribution in [0.3, 0.4) is 0 Å². The van der Waals surface area contributed by atoms with Crippen molar-refractivity contribution in [2.45, 2.75) is 0 Å². The van der Waals surface area contributed by atoms with Crippen molar-refractivity contribution in [3.8, 4) is 0 Å². The highest BCUT2D eigenvalue weighted by atomic mass is 35.5. The second kappa shape index (κ2) is 9.52. The first-order valence-electron chi connectivity index (χ1n) is 8.63. The van der Waals surface area contributed by atoms with Gasteiger partial charge in [0.25, 0.3) is 5.91 Å². The summed E-state index contributed by atoms with van der Waals surface area (Å²) in [6.07, 6.45) is 3.64. The Kier molecular flexibility index (Phi) is 6.82. The van der Waals surface area contributed by atoms with Crippen molar-refractivity contribution in [2.75, 3.05) is 5.32 Å². The van der Waals surface area contributed by atoms with Crippen molar-refractivity contribution in [3.05, 3.63) is 99.0 Å². The molecule has 2 N–H and O–H groups in total. The summed E-state index contributed by atoms with van der Waals surface area (Å²) in [5, 5.41) is 5.37. The fourth-order valence-corrected chi connectivity index (χ4v) is 3.01. The summed E-state index contributed by atoms with van der Waals surface area (Å²) < 4.78 is 27.2. The van der Waals surface area contributed by atoms with Gasteiger partial charge in [0.1, 0.15) is 17.2 Å². The van der Waals surface area contributed by atoms with E-state index in [4.69, 9.17) is 23.2 Å². The molecule has 0 saturated heterocycles. The Labute approximate surface area is 181 Å². The van der Waals surface area contributed by atoms with Crippen molar-refractivity contribution in [2.24, 2.45) is 0 Å². The molecule has 0 atom stereocenters. The normalized spacial score (nSPS) is 10.8. The highest BCUT2D eigenvalue weighted by molar-refractivity contribution is 6.35. The number of benzene rings is 3. The lowest BCUT2D eigenvalue weighted by atomic mass is 10.1. The average Bonchev–Trinajstić information content (AvgIpc) is 2.68. The number of urea groups is 1. The van der Waals surface area contributed by atoms with Gasteiger partial charge in [-0.25, -0.2) is 13.6 Å². The number of amides is 3. The molecule has 30 heavy (non-hydrogen) atoms. The smallest absolute Gasteiger partial charge is 0.308 e. The molecule has 0 radical (unpaired) electrons. The maximum absolute atomic E-state index is 13.6. The first-order valence-corrected chi connectivity index (χ1v) is 9.38. The third kappa shape index (κ3) is 5.43. The zero-order valence-electron chi connectivity index (χ0n) is 15.3. The quantitative estimate of drug-likeness (QED) is 0.455. The van der Waals surface area contributed by atoms with Gasteiger partial charge in [0.05, 0.1) is 0 Å². The van der Waals surface area contributed by atoms with Gasteiger partial charge in [0, 0.05) is 15.7 Å². The Morgan fingerprint density at radius 3 is 2.17 bits per heavy atom. The molecule has 3 aromatic carbocycles. The largest absolute Gasteiger partial charge is 0.326 e. The van der Waals surface area contributed by atoms with Crippen molar-refractivity contribution in [1.82, 2.24) is 5.32 Å². The van der Waals surface area contributed by atoms with E-state index >= 15 is 0 Å². The second-order valence-electron chi connectivity index (χ2n) is 6.13. The van der Waals surface area contributed by atoms with Gasteiger partial charge in [-0.3, -0.25) is 10.1 Å². The molecule has 3 rings (SSSR count). The van der Waals surface area contributed by atoms with Crippen LogP contribution in [0, 0.1) is 11.6 Å². The molecule has 3 amide bonds. The van der Waals surface area contributed by atoms with E-state index in [0.717, 1.165) is 29.3 Å². The van der Waals surface area contributed by atoms with E-state index in [1.54, 1.807) is 42.5 Å². The minimum atomic E-state index is -1.18. The lowest BCUT2D eigenvalue weighted by Crippen LogP contribution is -2.35. The Balaban J connectivity index is 1.62. The van der Waals surface area contributed by atoms with Crippen molar-refractivity contribution >= 4 is 53.0 Å². The SMILES string of the molecule is O=C(NC(=O)c1c(F)cccc1F)Nc1ccc(/C=C/c2ccc(Cl)cc2Cl)cc1. The predicted molar refractivity (Wildman–Crippen MR) is 115 cm³/mol. The summed E-state index contributed by atoms with van der Waals surface area (Å²) in [7, 11) is 0. The second-order valence-corrected chi connectivity index (χ2v) is 6.97. The molecule has 0 spiro atoms. The van der Waals surface area contributed by atoms with E-state index in [1.807, 2.05) is 17.5 Å². The van der Waals surface area contributed by atoms with Gasteiger partial charge in [0.15, 0.2) is 0 Å². The molecular formula is C22H14Cl2F2N2O2. The number of nitrogens with one attached hydrogen (secondary N) is 2. The van der Waals surface area contributed by atoms with Gasteiger partial charge in [-0.2, -0.15) is 0 Å². The van der Waals surface area contributed by atoms with Crippen LogP contribution in [0.25, 0.3) is 12.2 Å². The highest BCUT2D eigenvalue weighted by Gasteiger charge is 2.19. The Morgan fingerprint density at radius 2 is 1.53 bits per heavy atom. The number of rotatable bonds is 4. The lowest BCUT2D eigenvalue weighted by molar-refractivity contribution is 0.0959. The first-order chi connectivity index (χ1) is 14.3. The molecule has 3 aromatic rings. The molecule has 0 fully saturated rings. The zero-order chi connectivity index (χ0) is 21.7. The topological polar surface area (TPSA) is 58.2 Å². The third-order valence-electron chi connectivity index (χ3n) is 4.00. The fourth-order valence-electron chi connectivity index (χ4n) is 2.54. The van der Waals surface area contributed by atoms with Crippen molar-refractivity contribution < 1.29 is 18.4 Å². The number of carbonyl (C=O) groups excluding carboxylic acids is 2. The molecule has 152 valence electrons. The molecule has 0 aliphatic carbocycles. The molecule has 0 unspecified atom stereocenters. The molecule has 8 heteroatoms. The van der Waals surface area contributed by atoms with E-state index in [0.29, 0.717) is 15.7 Å². The Morgan fingerprint density at radius 1 is 0.867 bits per heavy atom. The van der Waals surface area contributed by atoms with Gasteiger partial charge < -0.3 is 5.32 Å². The van der Waals surface area contributed by atoms with Crippen LogP contribution < -0.4 is 10.6 Å². The fraction of sp³-hybridized carbons (Fsp3) is 0. The average molecular weight is 447 g/mol. The number of hydrogen-bond acceptors (Lipinski definition) is 2. The summed E-state index contributed by atoms with van der Waals surface area (Å²) in [4.78, 5) is 23.9. The van der Waals surface area contributed by atoms with Crippen LogP contribution >= 0.6 is 23.2 Å². The number of anilines is 1. The first kappa shape index (κ1) is 21.5. The molecule has 0 aliphatic heterocycles. The van der Waals surface area contributed by atoms with Gasteiger partial charge >= 0.3 is 6.03 Å². The van der Waals surface area contributed by atoms with E-state index < -0.39 is 29.1 Å². The summed E-state index contributed by atoms with van der Waals surface area (Å²) in [5.74, 6) is -3.29. The van der Waals surface area contributed by atoms with Crippen LogP contribution in [-0.2, 0) is 0 Å². The predicted octanol–water partition coefficient (Wildman–Crippen LogP) is 6.40. The summed E-state index contributed by atoms with van der Waals surface area (Å²) in [6, 6.07) is 13.9. The monoisotopic (exact) mass is 446 g/mol. The highest BCUT2D eigenvalue weighted by Crippen LogP contribution is 2.23. The van der Waals surface area contributed by atoms with Crippen LogP contribution in [0.1, 0.15) is 21.5 Å². The van der Waals surface area contributed by atoms with Gasteiger partial charge in [-0.1, -0.05) is 59.6 Å². The number of halogens is 4. The van der Waals surface area contributed by atoms with Crippen LogP contribution in [0.2, 0.25) is 10.0 Å². The molecule has 0 saturated carbocycles. The summed E-state index contributed by atoms with van der Waals surface area (Å²) in [6.45, 7) is 0. The summed E-state index contributed by atoms with van der Waals surface area (Å²) >= 11 is 12.0. The summed E-state index contributed by atoms with van der Waals surface area (Å²) in [5.41, 5.74) is 1.18. The van der Waals surface area contributed by atoms with Gasteiger partial charge in [0.2, 0.25) is 0 Å². The standard InChI is InChI=1S/C22H14Cl2F2N2O2/c23-15-9-8-14(17(24)12-15)7-4-13-5-10-16(11-6-13)27-22(30)28-21(29)20-18(25)2-1-3-19(20)26/h1-12H,(H2,27,28,29,30)/b7-4+. The minimum Gasteiger partial charge on any atom is -0.308 e. The van der Waals surface area contributed by atoms with E-state index in [-0.39, 0.29) is 0 Å². The van der Waals surface area contributed by atoms with E-state index in [9.17, 15) is 18.4 Å². The number of hydrogen-bond donors (Lipinski definition) is 2. The molecular weight excluding hydrogens is 433 g/mol. The van der Waals surface area contributed by atoms with Crippen LogP contribution in [0.4, 0.5) is 19.3 Å². The van der Waals surface area contributed by atoms with Crippen LogP contribution in [-0.4, -0.2) is 11.9 Å². The maximum atomic E-state index is 13.6. The van der Waals surface area contributed by atoms with Crippen molar-refractivity contribution in [3.63, 3.8) is 0 Å². The Bertz CT molecular complexity index is 1110. The Hall–Kier alpha value is -3.22. The molecule has 0 aromatic heterocycles. The van der Waals surface area contributed by atoms with Gasteiger partial charge in [-0.05, 0) is 47.5 Å².